The standard InChI is InChI=1S/C13H14F2N2OS/c1-7-5-13(6-7,11(16)19)12(18)17-10-3-8(14)2-9(15)4-10/h2-4,7H,5-6H2,1H3,(H2,16,19)(H,17,18). The molecule has 0 radical (unpaired) electrons. The van der Waals surface area contributed by atoms with Crippen molar-refractivity contribution in [3.63, 3.8) is 0 Å². The van der Waals surface area contributed by atoms with Gasteiger partial charge in [-0.3, -0.25) is 4.79 Å². The van der Waals surface area contributed by atoms with E-state index in [-0.39, 0.29) is 10.7 Å². The molecule has 1 aromatic carbocycles. The number of anilines is 1. The van der Waals surface area contributed by atoms with E-state index in [0.717, 1.165) is 18.2 Å². The van der Waals surface area contributed by atoms with E-state index in [2.05, 4.69) is 5.32 Å². The summed E-state index contributed by atoms with van der Waals surface area (Å²) in [4.78, 5) is 12.3. The molecule has 19 heavy (non-hydrogen) atoms. The van der Waals surface area contributed by atoms with E-state index < -0.39 is 23.0 Å². The third-order valence-electron chi connectivity index (χ3n) is 3.42. The minimum Gasteiger partial charge on any atom is -0.392 e. The number of halogens is 2. The summed E-state index contributed by atoms with van der Waals surface area (Å²) in [6, 6.07) is 2.84. The second-order valence-corrected chi connectivity index (χ2v) is 5.51. The molecule has 0 spiro atoms. The van der Waals surface area contributed by atoms with Crippen molar-refractivity contribution in [2.24, 2.45) is 17.1 Å². The Bertz CT molecular complexity index is 521. The Morgan fingerprint density at radius 2 is 1.89 bits per heavy atom. The highest BCUT2D eigenvalue weighted by molar-refractivity contribution is 7.80. The zero-order valence-electron chi connectivity index (χ0n) is 10.4. The van der Waals surface area contributed by atoms with Crippen LogP contribution in [0.25, 0.3) is 0 Å². The number of nitrogens with one attached hydrogen (secondary N) is 1. The second-order valence-electron chi connectivity index (χ2n) is 5.07. The van der Waals surface area contributed by atoms with Crippen LogP contribution in [0.5, 0.6) is 0 Å². The van der Waals surface area contributed by atoms with Crippen molar-refractivity contribution in [2.45, 2.75) is 19.8 Å². The maximum Gasteiger partial charge on any atom is 0.237 e. The smallest absolute Gasteiger partial charge is 0.237 e. The molecule has 0 atom stereocenters. The zero-order valence-corrected chi connectivity index (χ0v) is 11.2. The molecule has 1 fully saturated rings. The Balaban J connectivity index is 2.18. The molecular formula is C13H14F2N2OS. The molecule has 1 amide bonds. The number of hydrogen-bond donors (Lipinski definition) is 2. The van der Waals surface area contributed by atoms with Crippen LogP contribution in [0.15, 0.2) is 18.2 Å². The van der Waals surface area contributed by atoms with Crippen LogP contribution in [0.2, 0.25) is 0 Å². The molecule has 0 saturated heterocycles. The maximum atomic E-state index is 13.0. The molecule has 0 unspecified atom stereocenters. The van der Waals surface area contributed by atoms with Gasteiger partial charge in [0.25, 0.3) is 0 Å². The van der Waals surface area contributed by atoms with E-state index in [4.69, 9.17) is 18.0 Å². The molecule has 2 rings (SSSR count). The molecule has 102 valence electrons. The summed E-state index contributed by atoms with van der Waals surface area (Å²) in [6.45, 7) is 1.99. The molecule has 0 heterocycles. The minimum atomic E-state index is -0.891. The quantitative estimate of drug-likeness (QED) is 0.839. The van der Waals surface area contributed by atoms with Crippen LogP contribution < -0.4 is 11.1 Å². The van der Waals surface area contributed by atoms with E-state index >= 15 is 0 Å². The Morgan fingerprint density at radius 1 is 1.37 bits per heavy atom. The lowest BCUT2D eigenvalue weighted by molar-refractivity contribution is -0.127. The van der Waals surface area contributed by atoms with Crippen molar-refractivity contribution in [3.05, 3.63) is 29.8 Å². The van der Waals surface area contributed by atoms with Crippen LogP contribution in [0, 0.1) is 23.0 Å². The lowest BCUT2D eigenvalue weighted by Crippen LogP contribution is -2.53. The Morgan fingerprint density at radius 3 is 2.32 bits per heavy atom. The zero-order chi connectivity index (χ0) is 14.2. The number of nitrogens with two attached hydrogens (primary N) is 1. The molecule has 0 bridgehead atoms. The van der Waals surface area contributed by atoms with Crippen LogP contribution in [0.1, 0.15) is 19.8 Å². The van der Waals surface area contributed by atoms with E-state index in [1.807, 2.05) is 6.92 Å². The van der Waals surface area contributed by atoms with Crippen molar-refractivity contribution >= 4 is 28.8 Å². The van der Waals surface area contributed by atoms with Crippen molar-refractivity contribution in [2.75, 3.05) is 5.32 Å². The molecule has 0 aromatic heterocycles. The normalized spacial score (nSPS) is 25.5. The number of thiocarbonyl (C=S) groups is 1. The van der Waals surface area contributed by atoms with Crippen molar-refractivity contribution < 1.29 is 13.6 Å². The second kappa shape index (κ2) is 4.85. The summed E-state index contributed by atoms with van der Waals surface area (Å²) in [5.74, 6) is -1.54. The molecule has 3 nitrogen and oxygen atoms in total. The Kier molecular flexibility index (Phi) is 3.54. The predicted molar refractivity (Wildman–Crippen MR) is 72.6 cm³/mol. The van der Waals surface area contributed by atoms with Crippen LogP contribution in [0.3, 0.4) is 0 Å². The minimum absolute atomic E-state index is 0.0673. The first-order valence-electron chi connectivity index (χ1n) is 5.91. The molecular weight excluding hydrogens is 270 g/mol. The van der Waals surface area contributed by atoms with Gasteiger partial charge in [-0.15, -0.1) is 0 Å². The summed E-state index contributed by atoms with van der Waals surface area (Å²) < 4.78 is 26.1. The number of rotatable bonds is 3. The topological polar surface area (TPSA) is 55.1 Å². The molecule has 1 aromatic rings. The number of amides is 1. The number of hydrogen-bond acceptors (Lipinski definition) is 2. The monoisotopic (exact) mass is 284 g/mol. The van der Waals surface area contributed by atoms with Gasteiger partial charge in [0.2, 0.25) is 5.91 Å². The summed E-state index contributed by atoms with van der Waals surface area (Å²) >= 11 is 4.95. The van der Waals surface area contributed by atoms with Gasteiger partial charge in [0.1, 0.15) is 11.6 Å². The number of carbonyl (C=O) groups excluding carboxylic acids is 1. The first-order valence-corrected chi connectivity index (χ1v) is 6.32. The summed E-state index contributed by atoms with van der Waals surface area (Å²) in [7, 11) is 0. The fraction of sp³-hybridized carbons (Fsp3) is 0.385. The fourth-order valence-electron chi connectivity index (χ4n) is 2.51. The highest BCUT2D eigenvalue weighted by Gasteiger charge is 2.50. The molecule has 1 aliphatic carbocycles. The number of carbonyl (C=O) groups is 1. The van der Waals surface area contributed by atoms with Crippen LogP contribution in [-0.2, 0) is 4.79 Å². The largest absolute Gasteiger partial charge is 0.392 e. The van der Waals surface area contributed by atoms with Crippen molar-refractivity contribution in [1.82, 2.24) is 0 Å². The first kappa shape index (κ1) is 13.9. The maximum absolute atomic E-state index is 13.0. The molecule has 3 N–H and O–H groups in total. The van der Waals surface area contributed by atoms with E-state index in [1.54, 1.807) is 0 Å². The predicted octanol–water partition coefficient (Wildman–Crippen LogP) is 2.61. The van der Waals surface area contributed by atoms with E-state index in [1.165, 1.54) is 0 Å². The Hall–Kier alpha value is -1.56. The third-order valence-corrected chi connectivity index (χ3v) is 3.81. The Labute approximate surface area is 115 Å². The van der Waals surface area contributed by atoms with Gasteiger partial charge in [0, 0.05) is 11.8 Å². The van der Waals surface area contributed by atoms with E-state index in [9.17, 15) is 13.6 Å². The lowest BCUT2D eigenvalue weighted by Gasteiger charge is -2.44. The lowest BCUT2D eigenvalue weighted by atomic mass is 9.62. The number of benzene rings is 1. The van der Waals surface area contributed by atoms with Crippen LogP contribution >= 0.6 is 12.2 Å². The van der Waals surface area contributed by atoms with Gasteiger partial charge in [-0.05, 0) is 30.9 Å². The van der Waals surface area contributed by atoms with Crippen LogP contribution in [0.4, 0.5) is 14.5 Å². The highest BCUT2D eigenvalue weighted by atomic mass is 32.1. The van der Waals surface area contributed by atoms with Crippen molar-refractivity contribution in [3.8, 4) is 0 Å². The summed E-state index contributed by atoms with van der Waals surface area (Å²) in [6.07, 6.45) is 1.12. The van der Waals surface area contributed by atoms with Gasteiger partial charge < -0.3 is 11.1 Å². The van der Waals surface area contributed by atoms with Gasteiger partial charge in [-0.2, -0.15) is 0 Å². The van der Waals surface area contributed by atoms with Gasteiger partial charge in [-0.1, -0.05) is 19.1 Å². The summed E-state index contributed by atoms with van der Waals surface area (Å²) in [5, 5.41) is 2.48. The molecule has 0 aliphatic heterocycles. The average molecular weight is 284 g/mol. The van der Waals surface area contributed by atoms with Gasteiger partial charge in [0.05, 0.1) is 10.4 Å². The fourth-order valence-corrected chi connectivity index (χ4v) is 2.76. The van der Waals surface area contributed by atoms with Gasteiger partial charge in [0.15, 0.2) is 0 Å². The molecule has 1 saturated carbocycles. The van der Waals surface area contributed by atoms with Crippen LogP contribution in [-0.4, -0.2) is 10.9 Å². The summed E-state index contributed by atoms with van der Waals surface area (Å²) in [5.41, 5.74) is 4.81. The van der Waals surface area contributed by atoms with E-state index in [0.29, 0.717) is 18.8 Å². The first-order chi connectivity index (χ1) is 8.83. The van der Waals surface area contributed by atoms with Gasteiger partial charge in [-0.25, -0.2) is 8.78 Å². The molecule has 1 aliphatic rings. The highest BCUT2D eigenvalue weighted by Crippen LogP contribution is 2.46. The molecule has 6 heteroatoms. The third kappa shape index (κ3) is 2.58. The van der Waals surface area contributed by atoms with Gasteiger partial charge >= 0.3 is 0 Å². The van der Waals surface area contributed by atoms with Crippen molar-refractivity contribution in [1.29, 1.82) is 0 Å². The SMILES string of the molecule is CC1CC(C(=O)Nc2cc(F)cc(F)c2)(C(N)=S)C1. The average Bonchev–Trinajstić information content (AvgIpc) is 2.22.